The van der Waals surface area contributed by atoms with Gasteiger partial charge < -0.3 is 25.2 Å². The monoisotopic (exact) mass is 570 g/mol. The summed E-state index contributed by atoms with van der Waals surface area (Å²) < 4.78 is 31.7. The van der Waals surface area contributed by atoms with Gasteiger partial charge in [-0.3, -0.25) is 4.79 Å². The molecular weight excluding hydrogens is 537 g/mol. The molecule has 0 fully saturated rings. The Balaban J connectivity index is 0.000000587. The SMILES string of the molecule is CC(=O)CCCCC[C@H](NC(=O)Cc1c(C)[nH]c2ccccc12)c1ncc(-c2ccccc2)[nH]1.O=C(O)C(F)(F)F. The van der Waals surface area contributed by atoms with E-state index in [1.54, 1.807) is 6.92 Å². The average molecular weight is 571 g/mol. The van der Waals surface area contributed by atoms with Gasteiger partial charge in [-0.25, -0.2) is 9.78 Å². The molecule has 0 radical (unpaired) electrons. The van der Waals surface area contributed by atoms with Gasteiger partial charge in [0.1, 0.15) is 11.6 Å². The number of carbonyl (C=O) groups excluding carboxylic acids is 2. The van der Waals surface area contributed by atoms with Crippen LogP contribution in [0.25, 0.3) is 22.2 Å². The summed E-state index contributed by atoms with van der Waals surface area (Å²) in [6.45, 7) is 3.64. The molecule has 0 aliphatic rings. The van der Waals surface area contributed by atoms with Crippen LogP contribution in [0.15, 0.2) is 60.8 Å². The van der Waals surface area contributed by atoms with Crippen molar-refractivity contribution < 1.29 is 32.7 Å². The van der Waals surface area contributed by atoms with Crippen molar-refractivity contribution in [2.24, 2.45) is 0 Å². The number of fused-ring (bicyclic) bond motifs is 1. The predicted molar refractivity (Wildman–Crippen MR) is 149 cm³/mol. The highest BCUT2D eigenvalue weighted by Crippen LogP contribution is 2.25. The van der Waals surface area contributed by atoms with Crippen molar-refractivity contribution in [1.29, 1.82) is 0 Å². The van der Waals surface area contributed by atoms with Gasteiger partial charge in [-0.05, 0) is 43.9 Å². The first-order valence-corrected chi connectivity index (χ1v) is 13.2. The molecule has 4 aromatic rings. The molecule has 4 rings (SSSR count). The molecule has 1 atom stereocenters. The molecule has 0 saturated carbocycles. The second-order valence-electron chi connectivity index (χ2n) is 9.72. The van der Waals surface area contributed by atoms with E-state index < -0.39 is 12.1 Å². The summed E-state index contributed by atoms with van der Waals surface area (Å²) in [6, 6.07) is 17.9. The molecule has 0 aliphatic carbocycles. The minimum Gasteiger partial charge on any atom is -0.475 e. The number of aryl methyl sites for hydroxylation is 1. The lowest BCUT2D eigenvalue weighted by atomic mass is 10.0. The lowest BCUT2D eigenvalue weighted by Gasteiger charge is -2.17. The molecule has 1 amide bonds. The zero-order valence-corrected chi connectivity index (χ0v) is 22.8. The Morgan fingerprint density at radius 1 is 0.976 bits per heavy atom. The summed E-state index contributed by atoms with van der Waals surface area (Å²) in [7, 11) is 0. The number of unbranched alkanes of at least 4 members (excludes halogenated alkanes) is 2. The first-order valence-electron chi connectivity index (χ1n) is 13.2. The summed E-state index contributed by atoms with van der Waals surface area (Å²) in [5, 5.41) is 11.4. The van der Waals surface area contributed by atoms with Crippen molar-refractivity contribution in [1.82, 2.24) is 20.3 Å². The number of rotatable bonds is 11. The van der Waals surface area contributed by atoms with Crippen molar-refractivity contribution in [3.8, 4) is 11.3 Å². The number of H-pyrrole nitrogens is 2. The third-order valence-corrected chi connectivity index (χ3v) is 6.47. The highest BCUT2D eigenvalue weighted by Gasteiger charge is 2.38. The van der Waals surface area contributed by atoms with E-state index in [1.807, 2.05) is 67.7 Å². The number of hydrogen-bond donors (Lipinski definition) is 4. The number of hydrogen-bond acceptors (Lipinski definition) is 4. The van der Waals surface area contributed by atoms with Gasteiger partial charge in [0.05, 0.1) is 24.4 Å². The van der Waals surface area contributed by atoms with Crippen molar-refractivity contribution in [3.63, 3.8) is 0 Å². The minimum absolute atomic E-state index is 0.0285. The third-order valence-electron chi connectivity index (χ3n) is 6.47. The number of aromatic nitrogens is 3. The van der Waals surface area contributed by atoms with Crippen LogP contribution in [0.4, 0.5) is 13.2 Å². The number of amides is 1. The molecular formula is C30H33F3N4O4. The molecule has 8 nitrogen and oxygen atoms in total. The molecule has 11 heteroatoms. The van der Waals surface area contributed by atoms with E-state index >= 15 is 0 Å². The molecule has 2 heterocycles. The van der Waals surface area contributed by atoms with E-state index in [1.165, 1.54) is 0 Å². The second-order valence-corrected chi connectivity index (χ2v) is 9.72. The van der Waals surface area contributed by atoms with Gasteiger partial charge in [0.15, 0.2) is 0 Å². The number of benzene rings is 2. The predicted octanol–water partition coefficient (Wildman–Crippen LogP) is 6.44. The lowest BCUT2D eigenvalue weighted by molar-refractivity contribution is -0.192. The van der Waals surface area contributed by atoms with Gasteiger partial charge in [-0.1, -0.05) is 61.4 Å². The molecule has 0 bridgehead atoms. The van der Waals surface area contributed by atoms with E-state index in [0.29, 0.717) is 12.8 Å². The summed E-state index contributed by atoms with van der Waals surface area (Å²) in [4.78, 5) is 44.7. The maximum atomic E-state index is 13.1. The third kappa shape index (κ3) is 9.33. The first-order chi connectivity index (χ1) is 19.5. The van der Waals surface area contributed by atoms with Crippen LogP contribution in [0.2, 0.25) is 0 Å². The minimum atomic E-state index is -5.08. The Morgan fingerprint density at radius 2 is 1.63 bits per heavy atom. The Bertz CT molecular complexity index is 1460. The van der Waals surface area contributed by atoms with Gasteiger partial charge in [0, 0.05) is 23.0 Å². The summed E-state index contributed by atoms with van der Waals surface area (Å²) in [5.74, 6) is -1.81. The number of para-hydroxylation sites is 1. The van der Waals surface area contributed by atoms with Crippen LogP contribution < -0.4 is 5.32 Å². The quantitative estimate of drug-likeness (QED) is 0.154. The van der Waals surface area contributed by atoms with Gasteiger partial charge in [-0.2, -0.15) is 13.2 Å². The van der Waals surface area contributed by atoms with Crippen molar-refractivity contribution in [2.45, 2.75) is 64.6 Å². The molecule has 4 N–H and O–H groups in total. The topological polar surface area (TPSA) is 128 Å². The van der Waals surface area contributed by atoms with E-state index in [2.05, 4.69) is 20.3 Å². The summed E-state index contributed by atoms with van der Waals surface area (Å²) >= 11 is 0. The highest BCUT2D eigenvalue weighted by atomic mass is 19.4. The molecule has 2 aromatic carbocycles. The fraction of sp³-hybridized carbons (Fsp3) is 0.333. The van der Waals surface area contributed by atoms with Gasteiger partial charge in [-0.15, -0.1) is 0 Å². The second kappa shape index (κ2) is 14.3. The number of aliphatic carboxylic acids is 1. The van der Waals surface area contributed by atoms with Crippen LogP contribution in [0.1, 0.15) is 62.2 Å². The van der Waals surface area contributed by atoms with Crippen molar-refractivity contribution >= 4 is 28.6 Å². The van der Waals surface area contributed by atoms with Crippen LogP contribution in [-0.2, 0) is 20.8 Å². The zero-order valence-electron chi connectivity index (χ0n) is 22.8. The van der Waals surface area contributed by atoms with Crippen molar-refractivity contribution in [3.05, 3.63) is 77.9 Å². The molecule has 0 spiro atoms. The maximum Gasteiger partial charge on any atom is 0.490 e. The smallest absolute Gasteiger partial charge is 0.475 e. The van der Waals surface area contributed by atoms with Crippen LogP contribution in [0.5, 0.6) is 0 Å². The lowest BCUT2D eigenvalue weighted by Crippen LogP contribution is -2.30. The van der Waals surface area contributed by atoms with Crippen molar-refractivity contribution in [2.75, 3.05) is 0 Å². The van der Waals surface area contributed by atoms with Gasteiger partial charge >= 0.3 is 12.1 Å². The molecule has 2 aromatic heterocycles. The van der Waals surface area contributed by atoms with Gasteiger partial charge in [0.2, 0.25) is 5.91 Å². The molecule has 218 valence electrons. The van der Waals surface area contributed by atoms with Crippen LogP contribution in [-0.4, -0.2) is 43.9 Å². The van der Waals surface area contributed by atoms with Gasteiger partial charge in [0.25, 0.3) is 0 Å². The number of alkyl halides is 3. The summed E-state index contributed by atoms with van der Waals surface area (Å²) in [5.41, 5.74) is 5.07. The Hall–Kier alpha value is -4.41. The zero-order chi connectivity index (χ0) is 30.0. The molecule has 41 heavy (non-hydrogen) atoms. The fourth-order valence-electron chi connectivity index (χ4n) is 4.42. The van der Waals surface area contributed by atoms with E-state index in [0.717, 1.165) is 64.9 Å². The number of carboxylic acid groups (broad SMARTS) is 1. The largest absolute Gasteiger partial charge is 0.490 e. The number of Topliss-reactive ketones (excluding diaryl/α,β-unsaturated/α-hetero) is 1. The summed E-state index contributed by atoms with van der Waals surface area (Å²) in [6.07, 6.45) is 1.14. The number of carboxylic acids is 1. The Morgan fingerprint density at radius 3 is 2.29 bits per heavy atom. The fourth-order valence-corrected chi connectivity index (χ4v) is 4.42. The Labute approximate surface area is 235 Å². The van der Waals surface area contributed by atoms with Crippen LogP contribution in [0, 0.1) is 6.92 Å². The molecule has 0 unspecified atom stereocenters. The molecule has 0 aliphatic heterocycles. The van der Waals surface area contributed by atoms with Crippen LogP contribution in [0.3, 0.4) is 0 Å². The Kier molecular flexibility index (Phi) is 10.8. The highest BCUT2D eigenvalue weighted by molar-refractivity contribution is 5.90. The number of ketones is 1. The number of halogens is 3. The van der Waals surface area contributed by atoms with Crippen LogP contribution >= 0.6 is 0 Å². The molecule has 0 saturated heterocycles. The average Bonchev–Trinajstić information content (AvgIpc) is 3.53. The maximum absolute atomic E-state index is 13.1. The number of carbonyl (C=O) groups is 3. The van der Waals surface area contributed by atoms with E-state index in [4.69, 9.17) is 9.90 Å². The first kappa shape index (κ1) is 31.1. The standard InChI is InChI=1S/C28H32N4O2.C2HF3O2/c1-19(33)11-5-3-8-16-25(28-29-18-26(32-28)21-12-6-4-7-13-21)31-27(34)17-23-20(2)30-24-15-10-9-14-22(23)24;3-2(4,5)1(6)7/h4,6-7,9-10,12-15,18,25,30H,3,5,8,11,16-17H2,1-2H3,(H,29,32)(H,31,34);(H,6,7)/t25-;/m0./s1. The number of imidazole rings is 1. The van der Waals surface area contributed by atoms with E-state index in [9.17, 15) is 22.8 Å². The number of nitrogens with zero attached hydrogens (tertiary/aromatic N) is 1. The normalized spacial score (nSPS) is 11.9. The van der Waals surface area contributed by atoms with E-state index in [-0.39, 0.29) is 17.7 Å². The number of aromatic amines is 2. The number of nitrogens with one attached hydrogen (secondary N) is 3.